The van der Waals surface area contributed by atoms with E-state index in [1.165, 1.54) is 0 Å². The zero-order chi connectivity index (χ0) is 77.3. The van der Waals surface area contributed by atoms with E-state index in [4.69, 9.17) is 110 Å². The van der Waals surface area contributed by atoms with E-state index in [1.54, 1.807) is 70.5 Å². The minimum atomic E-state index is 0. The minimum Gasteiger partial charge on any atom is -0.497 e. The van der Waals surface area contributed by atoms with Gasteiger partial charge in [0.2, 0.25) is 0 Å². The Morgan fingerprint density at radius 1 is 0.352 bits per heavy atom. The fourth-order valence-corrected chi connectivity index (χ4v) is 10.2. The van der Waals surface area contributed by atoms with Crippen molar-refractivity contribution in [3.8, 4) is 28.7 Å². The molecule has 33 heteroatoms. The number of hydrogen-bond donors (Lipinski definition) is 7. The van der Waals surface area contributed by atoms with Crippen LogP contribution in [0.4, 0.5) is 80.8 Å². The van der Waals surface area contributed by atoms with Gasteiger partial charge in [0.1, 0.15) is 94.6 Å². The Bertz CT molecular complexity index is 3960. The molecular weight excluding hydrogens is 1490 g/mol. The van der Waals surface area contributed by atoms with Crippen molar-refractivity contribution in [3.05, 3.63) is 181 Å². The molecule has 9 N–H and O–H groups in total. The second-order valence-corrected chi connectivity index (χ2v) is 23.9. The fraction of sp³-hybridized carbons (Fsp3) is 0.306. The molecule has 0 saturated heterocycles. The van der Waals surface area contributed by atoms with Crippen LogP contribution in [0, 0.1) is 34.6 Å². The number of aliphatic hydroxyl groups is 1. The van der Waals surface area contributed by atoms with E-state index < -0.39 is 0 Å². The molecule has 0 fully saturated rings. The van der Waals surface area contributed by atoms with Crippen molar-refractivity contribution in [2.75, 3.05) is 151 Å². The number of benzene rings is 5. The Morgan fingerprint density at radius 3 is 0.810 bits per heavy atom. The van der Waals surface area contributed by atoms with Gasteiger partial charge in [-0.05, 0) is 162 Å². The Balaban J connectivity index is 0.000000327. The van der Waals surface area contributed by atoms with Crippen molar-refractivity contribution in [3.63, 3.8) is 0 Å². The number of aryl methyl sites for hydroxylation is 5. The third-order valence-corrected chi connectivity index (χ3v) is 16.6. The molecule has 105 heavy (non-hydrogen) atoms. The first kappa shape index (κ1) is 89.7. The van der Waals surface area contributed by atoms with Gasteiger partial charge in [-0.1, -0.05) is 83.0 Å². The van der Waals surface area contributed by atoms with E-state index in [0.717, 1.165) is 70.0 Å². The number of halogens is 7. The van der Waals surface area contributed by atoms with Gasteiger partial charge in [-0.25, -0.2) is 49.8 Å². The molecule has 566 valence electrons. The highest BCUT2D eigenvalue weighted by Gasteiger charge is 2.20. The summed E-state index contributed by atoms with van der Waals surface area (Å²) in [4.78, 5) is 49.5. The van der Waals surface area contributed by atoms with E-state index in [-0.39, 0.29) is 34.2 Å². The van der Waals surface area contributed by atoms with Gasteiger partial charge < -0.3 is 81.1 Å². The molecule has 0 aliphatic carbocycles. The van der Waals surface area contributed by atoms with Crippen molar-refractivity contribution in [1.29, 1.82) is 0 Å². The molecule has 0 aliphatic rings. The fourth-order valence-electron chi connectivity index (χ4n) is 8.76. The number of nitrogens with zero attached hydrogens (tertiary/aromatic N) is 14. The number of unbranched alkanes of at least 4 members (excludes halogenated alkanes) is 1. The topological polar surface area (TPSA) is 308 Å². The number of nitrogens with two attached hydrogens (primary N) is 2. The predicted octanol–water partition coefficient (Wildman–Crippen LogP) is 17.2. The van der Waals surface area contributed by atoms with Gasteiger partial charge in [0.15, 0.2) is 45.9 Å². The molecule has 0 aliphatic heterocycles. The van der Waals surface area contributed by atoms with Gasteiger partial charge in [0.25, 0.3) is 0 Å². The monoisotopic (exact) mass is 1580 g/mol. The third kappa shape index (κ3) is 27.2. The molecule has 10 aromatic rings. The minimum absolute atomic E-state index is 0. The van der Waals surface area contributed by atoms with Crippen LogP contribution in [0.15, 0.2) is 121 Å². The first-order chi connectivity index (χ1) is 49.6. The summed E-state index contributed by atoms with van der Waals surface area (Å²) >= 11 is 36.3. The van der Waals surface area contributed by atoms with Crippen LogP contribution in [0.2, 0.25) is 30.3 Å². The molecule has 0 amide bonds. The normalized spacial score (nSPS) is 9.92. The maximum absolute atomic E-state index is 8.07. The van der Waals surface area contributed by atoms with E-state index in [1.807, 2.05) is 197 Å². The van der Waals surface area contributed by atoms with Crippen molar-refractivity contribution < 1.29 is 28.8 Å². The summed E-state index contributed by atoms with van der Waals surface area (Å²) in [5.41, 5.74) is 16.0. The zero-order valence-electron chi connectivity index (χ0n) is 62.2. The Labute approximate surface area is 651 Å². The molecule has 0 atom stereocenters. The molecule has 0 radical (unpaired) electrons. The number of aliphatic hydroxyl groups excluding tert-OH is 1. The second kappa shape index (κ2) is 45.7. The summed E-state index contributed by atoms with van der Waals surface area (Å²) in [6.07, 6.45) is 2.04. The van der Waals surface area contributed by atoms with Crippen LogP contribution in [0.3, 0.4) is 0 Å². The molecule has 0 spiro atoms. The molecule has 0 bridgehead atoms. The van der Waals surface area contributed by atoms with Gasteiger partial charge >= 0.3 is 0 Å². The van der Waals surface area contributed by atoms with Crippen LogP contribution >= 0.6 is 82.0 Å². The average Bonchev–Trinajstić information content (AvgIpc) is 0.828. The average molecular weight is 1580 g/mol. The van der Waals surface area contributed by atoms with Crippen LogP contribution in [0.1, 0.15) is 48.9 Å². The van der Waals surface area contributed by atoms with Crippen molar-refractivity contribution in [1.82, 2.24) is 49.8 Å². The molecule has 5 aromatic heterocycles. The highest BCUT2D eigenvalue weighted by molar-refractivity contribution is 6.42. The van der Waals surface area contributed by atoms with E-state index in [0.29, 0.717) is 96.5 Å². The largest absolute Gasteiger partial charge is 0.497 e. The number of aromatic nitrogens is 10. The van der Waals surface area contributed by atoms with Gasteiger partial charge in [0.05, 0.1) is 35.5 Å². The summed E-state index contributed by atoms with van der Waals surface area (Å²) in [6.45, 7) is 11.4. The molecule has 10 rings (SSSR count). The molecule has 0 unspecified atom stereocenters. The molecule has 5 aromatic carbocycles. The second-order valence-electron chi connectivity index (χ2n) is 21.7. The number of anilines is 14. The molecule has 0 saturated carbocycles. The summed E-state index contributed by atoms with van der Waals surface area (Å²) < 4.78 is 25.6. The number of hydrogen-bond acceptors (Lipinski definition) is 26. The lowest BCUT2D eigenvalue weighted by atomic mass is 10.3. The highest BCUT2D eigenvalue weighted by atomic mass is 35.5. The summed E-state index contributed by atoms with van der Waals surface area (Å²) in [7, 11) is 23.1. The Hall–Kier alpha value is -9.51. The first-order valence-electron chi connectivity index (χ1n) is 32.0. The third-order valence-electron chi connectivity index (χ3n) is 14.5. The van der Waals surface area contributed by atoms with Crippen LogP contribution < -0.4 is 76.0 Å². The van der Waals surface area contributed by atoms with Crippen LogP contribution in [-0.4, -0.2) is 153 Å². The van der Waals surface area contributed by atoms with Gasteiger partial charge in [0, 0.05) is 91.4 Å². The molecule has 5 heterocycles. The SMILES string of the molecule is CCCCO.CNc1ccc(OC)cc1.CNc1nc(C)nc(N(C)c2ccc(OC)cc2)c1Cl.CNc1nc(C)nc(N(C)c2ccc(OC)cc2)c1Cl.CNc1nc(C)nc(N(C)c2ccc(OC)cc2)c1Cl.COc1ccc(N(C)c2nc(C)nc(N)c2Cl)cc1.Cc1nc(N)c(Cl)c(Cl)n1.Cl. The summed E-state index contributed by atoms with van der Waals surface area (Å²) in [6, 6.07) is 38.4. The highest BCUT2D eigenvalue weighted by Crippen LogP contribution is 2.38. The Morgan fingerprint density at radius 2 is 0.590 bits per heavy atom. The zero-order valence-corrected chi connectivity index (χ0v) is 67.6. The van der Waals surface area contributed by atoms with Gasteiger partial charge in [-0.15, -0.1) is 12.4 Å². The van der Waals surface area contributed by atoms with Gasteiger partial charge in [-0.2, -0.15) is 0 Å². The summed E-state index contributed by atoms with van der Waals surface area (Å²) in [5, 5.41) is 22.3. The quantitative estimate of drug-likeness (QED) is 0.0370. The van der Waals surface area contributed by atoms with Crippen molar-refractivity contribution in [2.24, 2.45) is 0 Å². The van der Waals surface area contributed by atoms with E-state index >= 15 is 0 Å². The number of nitrogens with one attached hydrogen (secondary N) is 4. The lowest BCUT2D eigenvalue weighted by Crippen LogP contribution is -2.14. The number of ether oxygens (including phenoxy) is 5. The lowest BCUT2D eigenvalue weighted by molar-refractivity contribution is 0.287. The van der Waals surface area contributed by atoms with E-state index in [9.17, 15) is 0 Å². The smallest absolute Gasteiger partial charge is 0.157 e. The standard InChI is InChI=1S/3C14H17ClN4O.C13H15ClN4O.C8H11NO.C5H5Cl2N3.C4H10O.ClH/c3*1-9-17-13(16-2)12(15)14(18-9)19(3)10-5-7-11(20-4)8-6-10;1-8-16-12(15)11(14)13(17-8)18(2)9-4-6-10(19-3)7-5-9;1-9-7-3-5-8(10-2)6-4-7;1-2-9-4(7)3(6)5(8)10-2;1-2-3-4-5;/h3*5-8H,1-4H3,(H,16,17,18);4-7H,1-3H3,(H2,15,16,17);3-6,9H,1-2H3;1H3,(H2,8,9,10);5H,2-4H2,1H3;1H. The number of rotatable bonds is 19. The lowest BCUT2D eigenvalue weighted by Gasteiger charge is -2.21. The van der Waals surface area contributed by atoms with Crippen LogP contribution in [0.25, 0.3) is 0 Å². The maximum atomic E-state index is 8.07. The predicted molar refractivity (Wildman–Crippen MR) is 437 cm³/mol. The van der Waals surface area contributed by atoms with Crippen LogP contribution in [0.5, 0.6) is 28.7 Å². The molecular formula is C72H93Cl7N20O6. The Kier molecular flexibility index (Phi) is 39.0. The van der Waals surface area contributed by atoms with Gasteiger partial charge in [-0.3, -0.25) is 0 Å². The van der Waals surface area contributed by atoms with E-state index in [2.05, 4.69) is 78.0 Å². The first-order valence-corrected chi connectivity index (χ1v) is 34.2. The summed E-state index contributed by atoms with van der Waals surface area (Å²) in [5.74, 6) is 12.1. The van der Waals surface area contributed by atoms with Crippen molar-refractivity contribution >= 4 is 163 Å². The van der Waals surface area contributed by atoms with Crippen molar-refractivity contribution in [2.45, 2.75) is 54.4 Å². The maximum Gasteiger partial charge on any atom is 0.157 e. The number of methoxy groups -OCH3 is 5. The number of nitrogen functional groups attached to an aromatic ring is 2. The molecule has 26 nitrogen and oxygen atoms in total. The van der Waals surface area contributed by atoms with Crippen LogP contribution in [-0.2, 0) is 0 Å².